The summed E-state index contributed by atoms with van der Waals surface area (Å²) in [5.74, 6) is 0.843. The number of carboxylic acid groups (broad SMARTS) is 1. The minimum absolute atomic E-state index is 0.490. The van der Waals surface area contributed by atoms with Crippen molar-refractivity contribution in [2.75, 3.05) is 6.54 Å². The van der Waals surface area contributed by atoms with E-state index >= 15 is 0 Å². The highest BCUT2D eigenvalue weighted by atomic mass is 16.4. The average Bonchev–Trinajstić information content (AvgIpc) is 2.55. The van der Waals surface area contributed by atoms with Gasteiger partial charge in [0.2, 0.25) is 0 Å². The second kappa shape index (κ2) is 5.18. The number of oxazole rings is 1. The molecule has 1 amide bonds. The lowest BCUT2D eigenvalue weighted by Gasteiger charge is -1.98. The van der Waals surface area contributed by atoms with E-state index < -0.39 is 6.09 Å². The highest BCUT2D eigenvalue weighted by Gasteiger charge is 1.97. The van der Waals surface area contributed by atoms with Crippen LogP contribution in [-0.4, -0.2) is 22.7 Å². The topological polar surface area (TPSA) is 75.4 Å². The second-order valence-corrected chi connectivity index (χ2v) is 2.66. The van der Waals surface area contributed by atoms with Crippen LogP contribution in [0.5, 0.6) is 0 Å². The SMILES string of the molecule is O=C(O)NCCCCc1cnco1. The maximum Gasteiger partial charge on any atom is 0.404 e. The largest absolute Gasteiger partial charge is 0.465 e. The molecule has 72 valence electrons. The number of aryl methyl sites for hydroxylation is 1. The van der Waals surface area contributed by atoms with Crippen molar-refractivity contribution in [2.45, 2.75) is 19.3 Å². The van der Waals surface area contributed by atoms with Crippen LogP contribution in [0.4, 0.5) is 4.79 Å². The summed E-state index contributed by atoms with van der Waals surface area (Å²) in [5, 5.41) is 10.6. The van der Waals surface area contributed by atoms with Crippen LogP contribution in [-0.2, 0) is 6.42 Å². The molecule has 1 aromatic rings. The lowest BCUT2D eigenvalue weighted by Crippen LogP contribution is -2.21. The number of aromatic nitrogens is 1. The highest BCUT2D eigenvalue weighted by Crippen LogP contribution is 2.02. The smallest absolute Gasteiger partial charge is 0.404 e. The van der Waals surface area contributed by atoms with Gasteiger partial charge in [-0.2, -0.15) is 0 Å². The fraction of sp³-hybridized carbons (Fsp3) is 0.500. The van der Waals surface area contributed by atoms with Gasteiger partial charge in [0.15, 0.2) is 6.39 Å². The number of hydrogen-bond acceptors (Lipinski definition) is 3. The van der Waals surface area contributed by atoms with E-state index in [0.29, 0.717) is 6.54 Å². The van der Waals surface area contributed by atoms with Gasteiger partial charge < -0.3 is 14.8 Å². The lowest BCUT2D eigenvalue weighted by molar-refractivity contribution is 0.194. The third kappa shape index (κ3) is 4.15. The molecule has 1 aromatic heterocycles. The van der Waals surface area contributed by atoms with Crippen molar-refractivity contribution in [3.05, 3.63) is 18.4 Å². The third-order valence-electron chi connectivity index (χ3n) is 1.61. The Bertz CT molecular complexity index is 246. The summed E-state index contributed by atoms with van der Waals surface area (Å²) in [7, 11) is 0. The van der Waals surface area contributed by atoms with Crippen LogP contribution >= 0.6 is 0 Å². The zero-order valence-corrected chi connectivity index (χ0v) is 7.19. The molecular weight excluding hydrogens is 172 g/mol. The van der Waals surface area contributed by atoms with Crippen LogP contribution in [0.1, 0.15) is 18.6 Å². The zero-order valence-electron chi connectivity index (χ0n) is 7.19. The zero-order chi connectivity index (χ0) is 9.52. The first-order valence-electron chi connectivity index (χ1n) is 4.13. The van der Waals surface area contributed by atoms with Gasteiger partial charge in [-0.1, -0.05) is 0 Å². The molecule has 0 unspecified atom stereocenters. The van der Waals surface area contributed by atoms with Gasteiger partial charge in [-0.25, -0.2) is 9.78 Å². The number of amides is 1. The molecule has 0 radical (unpaired) electrons. The first-order valence-corrected chi connectivity index (χ1v) is 4.13. The van der Waals surface area contributed by atoms with Gasteiger partial charge in [0.25, 0.3) is 0 Å². The molecule has 0 spiro atoms. The number of rotatable bonds is 5. The van der Waals surface area contributed by atoms with Gasteiger partial charge in [0, 0.05) is 13.0 Å². The molecule has 5 nitrogen and oxygen atoms in total. The van der Waals surface area contributed by atoms with Crippen molar-refractivity contribution < 1.29 is 14.3 Å². The van der Waals surface area contributed by atoms with Crippen molar-refractivity contribution in [3.8, 4) is 0 Å². The van der Waals surface area contributed by atoms with E-state index in [-0.39, 0.29) is 0 Å². The molecule has 1 heterocycles. The summed E-state index contributed by atoms with van der Waals surface area (Å²) in [6.45, 7) is 0.490. The minimum atomic E-state index is -0.973. The van der Waals surface area contributed by atoms with E-state index in [2.05, 4.69) is 10.3 Å². The fourth-order valence-electron chi connectivity index (χ4n) is 0.985. The van der Waals surface area contributed by atoms with Gasteiger partial charge in [-0.05, 0) is 12.8 Å². The van der Waals surface area contributed by atoms with E-state index in [0.717, 1.165) is 25.0 Å². The molecule has 2 N–H and O–H groups in total. The molecule has 0 fully saturated rings. The van der Waals surface area contributed by atoms with Crippen molar-refractivity contribution in [3.63, 3.8) is 0 Å². The first-order chi connectivity index (χ1) is 6.29. The van der Waals surface area contributed by atoms with E-state index in [1.165, 1.54) is 6.39 Å². The standard InChI is InChI=1S/C8H12N2O3/c11-8(12)10-4-2-1-3-7-5-9-6-13-7/h5-6,10H,1-4H2,(H,11,12). The number of nitrogens with one attached hydrogen (secondary N) is 1. The van der Waals surface area contributed by atoms with E-state index in [1.807, 2.05) is 0 Å². The maximum atomic E-state index is 10.1. The summed E-state index contributed by atoms with van der Waals surface area (Å²) in [4.78, 5) is 13.8. The Kier molecular flexibility index (Phi) is 3.81. The monoisotopic (exact) mass is 184 g/mol. The summed E-state index contributed by atoms with van der Waals surface area (Å²) >= 11 is 0. The molecule has 0 aliphatic rings. The summed E-state index contributed by atoms with van der Waals surface area (Å²) in [6, 6.07) is 0. The Morgan fingerprint density at radius 3 is 3.08 bits per heavy atom. The molecule has 1 rings (SSSR count). The molecular formula is C8H12N2O3. The van der Waals surface area contributed by atoms with Crippen LogP contribution in [0, 0.1) is 0 Å². The minimum Gasteiger partial charge on any atom is -0.465 e. The van der Waals surface area contributed by atoms with Gasteiger partial charge in [0.05, 0.1) is 6.20 Å². The quantitative estimate of drug-likeness (QED) is 0.675. The number of hydrogen-bond donors (Lipinski definition) is 2. The Morgan fingerprint density at radius 2 is 2.46 bits per heavy atom. The lowest BCUT2D eigenvalue weighted by atomic mass is 10.2. The van der Waals surface area contributed by atoms with Gasteiger partial charge in [-0.15, -0.1) is 0 Å². The maximum absolute atomic E-state index is 10.1. The Morgan fingerprint density at radius 1 is 1.62 bits per heavy atom. The molecule has 0 aliphatic heterocycles. The molecule has 0 bridgehead atoms. The molecule has 0 saturated carbocycles. The van der Waals surface area contributed by atoms with Gasteiger partial charge >= 0.3 is 6.09 Å². The molecule has 0 atom stereocenters. The van der Waals surface area contributed by atoms with E-state index in [9.17, 15) is 4.79 Å². The first kappa shape index (κ1) is 9.57. The predicted octanol–water partition coefficient (Wildman–Crippen LogP) is 1.26. The van der Waals surface area contributed by atoms with Crippen LogP contribution in [0.2, 0.25) is 0 Å². The second-order valence-electron chi connectivity index (χ2n) is 2.66. The van der Waals surface area contributed by atoms with Crippen molar-refractivity contribution in [1.82, 2.24) is 10.3 Å². The normalized spacial score (nSPS) is 9.85. The highest BCUT2D eigenvalue weighted by molar-refractivity contribution is 5.64. The number of carbonyl (C=O) groups is 1. The van der Waals surface area contributed by atoms with Crippen molar-refractivity contribution in [1.29, 1.82) is 0 Å². The molecule has 5 heteroatoms. The van der Waals surface area contributed by atoms with Crippen molar-refractivity contribution >= 4 is 6.09 Å². The van der Waals surface area contributed by atoms with E-state index in [4.69, 9.17) is 9.52 Å². The molecule has 13 heavy (non-hydrogen) atoms. The number of nitrogens with zero attached hydrogens (tertiary/aromatic N) is 1. The van der Waals surface area contributed by atoms with E-state index in [1.54, 1.807) is 6.20 Å². The number of unbranched alkanes of at least 4 members (excludes halogenated alkanes) is 1. The van der Waals surface area contributed by atoms with Crippen LogP contribution in [0.3, 0.4) is 0 Å². The van der Waals surface area contributed by atoms with Crippen LogP contribution in [0.15, 0.2) is 17.0 Å². The molecule has 0 aliphatic carbocycles. The summed E-state index contributed by atoms with van der Waals surface area (Å²) in [5.41, 5.74) is 0. The van der Waals surface area contributed by atoms with Gasteiger partial charge in [0.1, 0.15) is 5.76 Å². The Balaban J connectivity index is 1.99. The molecule has 0 aromatic carbocycles. The van der Waals surface area contributed by atoms with Crippen LogP contribution < -0.4 is 5.32 Å². The summed E-state index contributed by atoms with van der Waals surface area (Å²) in [6.07, 6.45) is 4.61. The fourth-order valence-corrected chi connectivity index (χ4v) is 0.985. The third-order valence-corrected chi connectivity index (χ3v) is 1.61. The predicted molar refractivity (Wildman–Crippen MR) is 45.5 cm³/mol. The Labute approximate surface area is 75.8 Å². The van der Waals surface area contributed by atoms with Crippen molar-refractivity contribution in [2.24, 2.45) is 0 Å². The van der Waals surface area contributed by atoms with Crippen LogP contribution in [0.25, 0.3) is 0 Å². The summed E-state index contributed by atoms with van der Waals surface area (Å²) < 4.78 is 5.01. The Hall–Kier alpha value is -1.52. The van der Waals surface area contributed by atoms with Gasteiger partial charge in [-0.3, -0.25) is 0 Å². The molecule has 0 saturated heterocycles. The average molecular weight is 184 g/mol.